The highest BCUT2D eigenvalue weighted by atomic mass is 19.1. The van der Waals surface area contributed by atoms with Gasteiger partial charge in [-0.3, -0.25) is 9.69 Å². The van der Waals surface area contributed by atoms with E-state index in [1.807, 2.05) is 19.9 Å². The van der Waals surface area contributed by atoms with Gasteiger partial charge in [-0.25, -0.2) is 19.0 Å². The second-order valence-corrected chi connectivity index (χ2v) is 7.88. The number of carbonyl (C=O) groups excluding carboxylic acids is 1. The van der Waals surface area contributed by atoms with E-state index in [-0.39, 0.29) is 23.8 Å². The quantitative estimate of drug-likeness (QED) is 0.678. The third kappa shape index (κ3) is 4.95. The lowest BCUT2D eigenvalue weighted by molar-refractivity contribution is -0.117. The van der Waals surface area contributed by atoms with Crippen molar-refractivity contribution in [2.45, 2.75) is 13.8 Å². The number of anilines is 1. The largest absolute Gasteiger partial charge is 0.309 e. The third-order valence-electron chi connectivity index (χ3n) is 5.28. The number of piperazine rings is 1. The molecule has 162 valence electrons. The molecule has 0 aliphatic carbocycles. The van der Waals surface area contributed by atoms with Gasteiger partial charge in [0.15, 0.2) is 11.6 Å². The Morgan fingerprint density at radius 3 is 2.52 bits per heavy atom. The van der Waals surface area contributed by atoms with Gasteiger partial charge < -0.3 is 10.2 Å². The minimum Gasteiger partial charge on any atom is -0.309 e. The van der Waals surface area contributed by atoms with Crippen molar-refractivity contribution in [3.8, 4) is 17.2 Å². The maximum absolute atomic E-state index is 14.4. The number of aromatic nitrogens is 4. The van der Waals surface area contributed by atoms with Crippen molar-refractivity contribution in [2.24, 2.45) is 0 Å². The maximum Gasteiger partial charge on any atom is 0.239 e. The highest BCUT2D eigenvalue weighted by Gasteiger charge is 2.19. The van der Waals surface area contributed by atoms with Crippen LogP contribution in [0.1, 0.15) is 11.4 Å². The molecule has 9 heteroatoms. The predicted octanol–water partition coefficient (Wildman–Crippen LogP) is 2.27. The van der Waals surface area contributed by atoms with Crippen LogP contribution in [0.25, 0.3) is 17.2 Å². The molecule has 1 N–H and O–H groups in total. The lowest BCUT2D eigenvalue weighted by atomic mass is 10.2. The van der Waals surface area contributed by atoms with E-state index in [1.165, 1.54) is 6.07 Å². The maximum atomic E-state index is 14.4. The highest BCUT2D eigenvalue weighted by Crippen LogP contribution is 2.23. The average molecular weight is 423 g/mol. The van der Waals surface area contributed by atoms with Gasteiger partial charge in [0.25, 0.3) is 0 Å². The number of amides is 1. The first-order valence-corrected chi connectivity index (χ1v) is 10.3. The first-order valence-electron chi connectivity index (χ1n) is 10.3. The number of likely N-dealkylation sites (N-methyl/N-ethyl adjacent to an activating group) is 1. The van der Waals surface area contributed by atoms with Gasteiger partial charge in [-0.2, -0.15) is 5.10 Å². The van der Waals surface area contributed by atoms with E-state index >= 15 is 0 Å². The molecule has 1 saturated heterocycles. The summed E-state index contributed by atoms with van der Waals surface area (Å²) >= 11 is 0. The van der Waals surface area contributed by atoms with Gasteiger partial charge in [0.05, 0.1) is 17.8 Å². The molecule has 0 radical (unpaired) electrons. The topological polar surface area (TPSA) is 79.2 Å². The minimum atomic E-state index is -0.428. The number of halogens is 1. The van der Waals surface area contributed by atoms with Crippen molar-refractivity contribution in [1.82, 2.24) is 29.5 Å². The van der Waals surface area contributed by atoms with Crippen molar-refractivity contribution in [1.29, 1.82) is 0 Å². The number of nitrogens with one attached hydrogen (secondary N) is 1. The molecule has 1 aliphatic rings. The smallest absolute Gasteiger partial charge is 0.239 e. The summed E-state index contributed by atoms with van der Waals surface area (Å²) in [5, 5.41) is 7.32. The number of benzene rings is 1. The molecule has 4 rings (SSSR count). The van der Waals surface area contributed by atoms with Crippen LogP contribution in [0.2, 0.25) is 0 Å². The van der Waals surface area contributed by atoms with Gasteiger partial charge in [0, 0.05) is 37.9 Å². The fraction of sp³-hybridized carbons (Fsp3) is 0.364. The first kappa shape index (κ1) is 21.1. The van der Waals surface area contributed by atoms with Crippen LogP contribution in [0, 0.1) is 19.7 Å². The molecule has 0 atom stereocenters. The van der Waals surface area contributed by atoms with Crippen LogP contribution >= 0.6 is 0 Å². The minimum absolute atomic E-state index is 0.165. The van der Waals surface area contributed by atoms with Gasteiger partial charge in [-0.15, -0.1) is 0 Å². The van der Waals surface area contributed by atoms with E-state index in [1.54, 1.807) is 28.9 Å². The van der Waals surface area contributed by atoms with Gasteiger partial charge in [0.1, 0.15) is 11.6 Å². The third-order valence-corrected chi connectivity index (χ3v) is 5.28. The number of rotatable bonds is 5. The molecule has 3 heterocycles. The van der Waals surface area contributed by atoms with E-state index in [9.17, 15) is 9.18 Å². The Balaban J connectivity index is 1.64. The molecule has 0 unspecified atom stereocenters. The van der Waals surface area contributed by atoms with Gasteiger partial charge in [0.2, 0.25) is 5.91 Å². The van der Waals surface area contributed by atoms with Crippen LogP contribution in [0.5, 0.6) is 0 Å². The molecule has 2 aromatic heterocycles. The SMILES string of the molecule is Cc1cc(C)n(-c2cc(NC(=O)CN3CCN(C)CC3)nc(-c3ccccc3F)n2)n1. The second-order valence-electron chi connectivity index (χ2n) is 7.88. The monoisotopic (exact) mass is 423 g/mol. The van der Waals surface area contributed by atoms with Crippen LogP contribution in [0.3, 0.4) is 0 Å². The zero-order valence-electron chi connectivity index (χ0n) is 18.0. The van der Waals surface area contributed by atoms with Gasteiger partial charge in [-0.05, 0) is 39.1 Å². The Hall–Kier alpha value is -3.17. The van der Waals surface area contributed by atoms with Crippen LogP contribution in [-0.2, 0) is 4.79 Å². The van der Waals surface area contributed by atoms with Gasteiger partial charge in [-0.1, -0.05) is 12.1 Å². The Morgan fingerprint density at radius 1 is 1.10 bits per heavy atom. The molecule has 0 spiro atoms. The van der Waals surface area contributed by atoms with Crippen molar-refractivity contribution in [3.63, 3.8) is 0 Å². The summed E-state index contributed by atoms with van der Waals surface area (Å²) < 4.78 is 16.1. The molecule has 1 fully saturated rings. The summed E-state index contributed by atoms with van der Waals surface area (Å²) in [4.78, 5) is 26.0. The number of aryl methyl sites for hydroxylation is 2. The fourth-order valence-electron chi connectivity index (χ4n) is 3.62. The first-order chi connectivity index (χ1) is 14.9. The summed E-state index contributed by atoms with van der Waals surface area (Å²) in [5.74, 6) is 0.381. The predicted molar refractivity (Wildman–Crippen MR) is 117 cm³/mol. The van der Waals surface area contributed by atoms with E-state index in [4.69, 9.17) is 0 Å². The summed E-state index contributed by atoms with van der Waals surface area (Å²) in [6, 6.07) is 9.90. The standard InChI is InChI=1S/C22H26FN7O/c1-15-12-16(2)30(27-15)20-13-19(24-21(31)14-29-10-8-28(3)9-11-29)25-22(26-20)17-6-4-5-7-18(17)23/h4-7,12-13H,8-11,14H2,1-3H3,(H,24,25,26,31). The van der Waals surface area contributed by atoms with Crippen molar-refractivity contribution in [2.75, 3.05) is 45.1 Å². The van der Waals surface area contributed by atoms with Crippen LogP contribution in [-0.4, -0.2) is 75.2 Å². The summed E-state index contributed by atoms with van der Waals surface area (Å²) in [7, 11) is 2.07. The number of hydrogen-bond donors (Lipinski definition) is 1. The van der Waals surface area contributed by atoms with Crippen LogP contribution in [0.15, 0.2) is 36.4 Å². The summed E-state index contributed by atoms with van der Waals surface area (Å²) in [6.07, 6.45) is 0. The molecular weight excluding hydrogens is 397 g/mol. The Kier molecular flexibility index (Phi) is 6.06. The molecule has 0 bridgehead atoms. The van der Waals surface area contributed by atoms with Crippen LogP contribution in [0.4, 0.5) is 10.2 Å². The zero-order chi connectivity index (χ0) is 22.0. The van der Waals surface area contributed by atoms with Crippen molar-refractivity contribution < 1.29 is 9.18 Å². The average Bonchev–Trinajstić information content (AvgIpc) is 3.08. The molecule has 1 aromatic carbocycles. The van der Waals surface area contributed by atoms with E-state index in [0.29, 0.717) is 11.6 Å². The zero-order valence-corrected chi connectivity index (χ0v) is 18.0. The molecular formula is C22H26FN7O. The van der Waals surface area contributed by atoms with Gasteiger partial charge >= 0.3 is 0 Å². The molecule has 31 heavy (non-hydrogen) atoms. The lowest BCUT2D eigenvalue weighted by Gasteiger charge is -2.31. The van der Waals surface area contributed by atoms with E-state index in [0.717, 1.165) is 37.6 Å². The molecule has 0 saturated carbocycles. The second kappa shape index (κ2) is 8.91. The molecule has 1 aliphatic heterocycles. The van der Waals surface area contributed by atoms with Crippen molar-refractivity contribution in [3.05, 3.63) is 53.6 Å². The number of hydrogen-bond acceptors (Lipinski definition) is 6. The lowest BCUT2D eigenvalue weighted by Crippen LogP contribution is -2.47. The normalized spacial score (nSPS) is 15.2. The summed E-state index contributed by atoms with van der Waals surface area (Å²) in [6.45, 7) is 7.62. The van der Waals surface area contributed by atoms with E-state index < -0.39 is 5.82 Å². The molecule has 1 amide bonds. The number of carbonyl (C=O) groups is 1. The Labute approximate surface area is 180 Å². The Morgan fingerprint density at radius 2 is 1.84 bits per heavy atom. The van der Waals surface area contributed by atoms with Crippen LogP contribution < -0.4 is 5.32 Å². The Bertz CT molecular complexity index is 1090. The van der Waals surface area contributed by atoms with Crippen molar-refractivity contribution >= 4 is 11.7 Å². The fourth-order valence-corrected chi connectivity index (χ4v) is 3.62. The number of nitrogens with zero attached hydrogens (tertiary/aromatic N) is 6. The molecule has 3 aromatic rings. The molecule has 8 nitrogen and oxygen atoms in total. The highest BCUT2D eigenvalue weighted by molar-refractivity contribution is 5.91. The van der Waals surface area contributed by atoms with E-state index in [2.05, 4.69) is 37.2 Å². The summed E-state index contributed by atoms with van der Waals surface area (Å²) in [5.41, 5.74) is 1.98.